The molecule has 2 saturated heterocycles. The van der Waals surface area contributed by atoms with Gasteiger partial charge in [-0.05, 0) is 37.6 Å². The molecule has 4 aliphatic heterocycles. The molecule has 3 aromatic rings. The zero-order valence-electron chi connectivity index (χ0n) is 29.0. The summed E-state index contributed by atoms with van der Waals surface area (Å²) >= 11 is 0. The third-order valence-electron chi connectivity index (χ3n) is 10.1. The van der Waals surface area contributed by atoms with Gasteiger partial charge in [0.25, 0.3) is 5.91 Å². The van der Waals surface area contributed by atoms with E-state index in [-0.39, 0.29) is 41.3 Å². The fraction of sp³-hybridized carbons (Fsp3) is 0.412. The van der Waals surface area contributed by atoms with Crippen molar-refractivity contribution in [2.45, 2.75) is 26.1 Å². The lowest BCUT2D eigenvalue weighted by Crippen LogP contribution is -2.63. The van der Waals surface area contributed by atoms with Gasteiger partial charge in [-0.15, -0.1) is 0 Å². The highest BCUT2D eigenvalue weighted by atomic mass is 16.5. The van der Waals surface area contributed by atoms with Gasteiger partial charge in [-0.2, -0.15) is 0 Å². The number of carbonyl (C=O) groups is 3. The molecule has 1 atom stereocenters. The summed E-state index contributed by atoms with van der Waals surface area (Å²) in [6, 6.07) is 3.22. The number of rotatable bonds is 7. The van der Waals surface area contributed by atoms with Crippen LogP contribution in [0.1, 0.15) is 50.8 Å². The van der Waals surface area contributed by atoms with Gasteiger partial charge in [0.1, 0.15) is 5.82 Å². The maximum Gasteiger partial charge on any atom is 0.412 e. The molecule has 0 radical (unpaired) electrons. The van der Waals surface area contributed by atoms with Gasteiger partial charge < -0.3 is 36.8 Å². The summed E-state index contributed by atoms with van der Waals surface area (Å²) in [5, 5.41) is 10.8. The molecule has 0 aliphatic carbocycles. The molecule has 2 fully saturated rings. The van der Waals surface area contributed by atoms with E-state index in [0.717, 1.165) is 6.54 Å². The number of nitrogen functional groups attached to an aromatic ring is 2. The Morgan fingerprint density at radius 2 is 1.52 bits per heavy atom. The van der Waals surface area contributed by atoms with Gasteiger partial charge in [0.2, 0.25) is 23.6 Å². The predicted molar refractivity (Wildman–Crippen MR) is 190 cm³/mol. The number of carboxylic acid groups (broad SMARTS) is 1. The molecule has 272 valence electrons. The van der Waals surface area contributed by atoms with Crippen molar-refractivity contribution in [1.82, 2.24) is 39.5 Å². The average Bonchev–Trinajstić information content (AvgIpc) is 3.60. The molecule has 7 rings (SSSR count). The molecule has 0 saturated carbocycles. The number of amides is 3. The van der Waals surface area contributed by atoms with Crippen molar-refractivity contribution in [1.29, 1.82) is 0 Å². The molecule has 6 heterocycles. The van der Waals surface area contributed by atoms with Gasteiger partial charge >= 0.3 is 6.09 Å². The van der Waals surface area contributed by atoms with Crippen molar-refractivity contribution in [3.63, 3.8) is 0 Å². The first-order valence-electron chi connectivity index (χ1n) is 17.1. The highest BCUT2D eigenvalue weighted by molar-refractivity contribution is 6.15. The molecule has 0 spiro atoms. The van der Waals surface area contributed by atoms with Crippen LogP contribution >= 0.6 is 0 Å². The molecular formula is C34H41N13O5. The lowest BCUT2D eigenvalue weighted by atomic mass is 9.93. The number of aliphatic imine (C=N–C) groups is 1. The number of hydrogen-bond donors (Lipinski definition) is 4. The second-order valence-corrected chi connectivity index (χ2v) is 13.0. The standard InChI is InChI=1S/C34H41N13O5/c1-3-43-6-8-44(9-7-43)30(49)25-15-24(28(35)48)20(2)14-26(25)47-29-23(4-5-46(29)33(50)51)27(21-16-38-31(36)39-17-21)42-34(47,45-10-12-52-13-11-45)22-18-40-32(37)41-19-22/h14-19H,3-13H2,1-2H3,(H2,35,48)(H,50,51)(H2,36,38,39)(H2,37,40,41). The van der Waals surface area contributed by atoms with E-state index in [2.05, 4.69) is 31.8 Å². The van der Waals surface area contributed by atoms with Gasteiger partial charge in [0, 0.05) is 87.3 Å². The second kappa shape index (κ2) is 13.8. The monoisotopic (exact) mass is 711 g/mol. The third kappa shape index (κ3) is 5.93. The Kier molecular flexibility index (Phi) is 9.20. The largest absolute Gasteiger partial charge is 0.465 e. The van der Waals surface area contributed by atoms with Crippen LogP contribution in [0.3, 0.4) is 0 Å². The molecule has 1 aromatic carbocycles. The van der Waals surface area contributed by atoms with Gasteiger partial charge in [-0.3, -0.25) is 24.3 Å². The number of anilines is 3. The number of piperazine rings is 1. The Balaban J connectivity index is 1.57. The van der Waals surface area contributed by atoms with Gasteiger partial charge in [-0.25, -0.2) is 29.7 Å². The quantitative estimate of drug-likeness (QED) is 0.264. The molecule has 18 heteroatoms. The highest BCUT2D eigenvalue weighted by Crippen LogP contribution is 2.50. The number of nitrogens with two attached hydrogens (primary N) is 3. The summed E-state index contributed by atoms with van der Waals surface area (Å²) in [6.07, 6.45) is 5.28. The Bertz CT molecular complexity index is 1960. The van der Waals surface area contributed by atoms with Crippen molar-refractivity contribution in [2.24, 2.45) is 10.7 Å². The maximum atomic E-state index is 14.8. The first-order valence-corrected chi connectivity index (χ1v) is 17.1. The predicted octanol–water partition coefficient (Wildman–Crippen LogP) is 0.663. The number of benzene rings is 1. The first kappa shape index (κ1) is 34.7. The number of primary amides is 1. The van der Waals surface area contributed by atoms with Crippen LogP contribution in [0.15, 0.2) is 53.3 Å². The molecule has 7 N–H and O–H groups in total. The highest BCUT2D eigenvalue weighted by Gasteiger charge is 2.55. The van der Waals surface area contributed by atoms with E-state index in [4.69, 9.17) is 26.9 Å². The Morgan fingerprint density at radius 3 is 2.12 bits per heavy atom. The van der Waals surface area contributed by atoms with E-state index in [1.54, 1.807) is 47.6 Å². The van der Waals surface area contributed by atoms with Crippen LogP contribution in [-0.4, -0.2) is 134 Å². The van der Waals surface area contributed by atoms with Crippen LogP contribution in [-0.2, 0) is 10.5 Å². The van der Waals surface area contributed by atoms with Gasteiger partial charge in [0.05, 0.1) is 35.7 Å². The molecule has 4 aliphatic rings. The second-order valence-electron chi connectivity index (χ2n) is 13.0. The molecule has 0 bridgehead atoms. The minimum Gasteiger partial charge on any atom is -0.465 e. The van der Waals surface area contributed by atoms with E-state index < -0.39 is 17.8 Å². The van der Waals surface area contributed by atoms with E-state index in [1.807, 2.05) is 4.90 Å². The first-order chi connectivity index (χ1) is 25.0. The molecule has 3 amide bonds. The molecule has 2 aromatic heterocycles. The van der Waals surface area contributed by atoms with Crippen LogP contribution in [0.4, 0.5) is 22.4 Å². The van der Waals surface area contributed by atoms with Crippen LogP contribution in [0.2, 0.25) is 0 Å². The van der Waals surface area contributed by atoms with Crippen molar-refractivity contribution in [2.75, 3.05) is 81.9 Å². The van der Waals surface area contributed by atoms with E-state index >= 15 is 0 Å². The molecule has 18 nitrogen and oxygen atoms in total. The van der Waals surface area contributed by atoms with Gasteiger partial charge in [-0.1, -0.05) is 6.92 Å². The summed E-state index contributed by atoms with van der Waals surface area (Å²) < 4.78 is 5.80. The lowest BCUT2D eigenvalue weighted by molar-refractivity contribution is -0.0236. The third-order valence-corrected chi connectivity index (χ3v) is 10.1. The SMILES string of the molecule is CCN1CCN(C(=O)c2cc(C(N)=O)c(C)cc2N2C3=C(CCN3C(=O)O)C(c3cnc(N)nc3)=NC2(c2cnc(N)nc2)N2CCOCC2)CC1. The number of hydrogen-bond acceptors (Lipinski definition) is 14. The minimum atomic E-state index is -1.62. The van der Waals surface area contributed by atoms with Crippen molar-refractivity contribution in [3.05, 3.63) is 76.1 Å². The maximum absolute atomic E-state index is 14.8. The Hall–Kier alpha value is -5.72. The zero-order valence-corrected chi connectivity index (χ0v) is 29.0. The number of likely N-dealkylation sites (N-methyl/N-ethyl adjacent to an activating group) is 1. The summed E-state index contributed by atoms with van der Waals surface area (Å²) in [6.45, 7) is 8.40. The van der Waals surface area contributed by atoms with Gasteiger partial charge in [0.15, 0.2) is 0 Å². The van der Waals surface area contributed by atoms with Crippen LogP contribution in [0.25, 0.3) is 0 Å². The Labute approximate surface area is 299 Å². The van der Waals surface area contributed by atoms with E-state index in [9.17, 15) is 19.5 Å². The topological polar surface area (TPSA) is 239 Å². The fourth-order valence-corrected chi connectivity index (χ4v) is 7.40. The number of ether oxygens (including phenoxy) is 1. The zero-order chi connectivity index (χ0) is 36.7. The lowest BCUT2D eigenvalue weighted by Gasteiger charge is -2.53. The van der Waals surface area contributed by atoms with E-state index in [1.165, 1.54) is 11.0 Å². The summed E-state index contributed by atoms with van der Waals surface area (Å²) in [5.74, 6) is -2.29. The number of nitrogens with zero attached hydrogens (tertiary/aromatic N) is 10. The normalized spacial score (nSPS) is 21.3. The van der Waals surface area contributed by atoms with Crippen molar-refractivity contribution < 1.29 is 24.2 Å². The number of aryl methyl sites for hydroxylation is 1. The van der Waals surface area contributed by atoms with Crippen molar-refractivity contribution in [3.8, 4) is 0 Å². The Morgan fingerprint density at radius 1 is 0.885 bits per heavy atom. The molecule has 52 heavy (non-hydrogen) atoms. The number of carbonyl (C=O) groups excluding carboxylic acids is 2. The fourth-order valence-electron chi connectivity index (χ4n) is 7.40. The smallest absolute Gasteiger partial charge is 0.412 e. The van der Waals surface area contributed by atoms with Crippen molar-refractivity contribution >= 4 is 41.2 Å². The summed E-state index contributed by atoms with van der Waals surface area (Å²) in [4.78, 5) is 72.5. The number of aromatic nitrogens is 4. The summed E-state index contributed by atoms with van der Waals surface area (Å²) in [7, 11) is 0. The molecular weight excluding hydrogens is 670 g/mol. The molecule has 1 unspecified atom stereocenters. The average molecular weight is 712 g/mol. The van der Waals surface area contributed by atoms with Crippen LogP contribution in [0, 0.1) is 6.92 Å². The van der Waals surface area contributed by atoms with Crippen LogP contribution < -0.4 is 22.1 Å². The summed E-state index contributed by atoms with van der Waals surface area (Å²) in [5.41, 5.74) is 20.9. The minimum absolute atomic E-state index is 0.0241. The number of morpholine rings is 1. The van der Waals surface area contributed by atoms with E-state index in [0.29, 0.717) is 92.6 Å². The van der Waals surface area contributed by atoms with Crippen LogP contribution in [0.5, 0.6) is 0 Å².